The fraction of sp³-hybridized carbons (Fsp3) is 0.357. The van der Waals surface area contributed by atoms with E-state index in [4.69, 9.17) is 10.7 Å². The summed E-state index contributed by atoms with van der Waals surface area (Å²) in [6.45, 7) is 7.26. The van der Waals surface area contributed by atoms with Gasteiger partial charge in [0.25, 0.3) is 9.05 Å². The molecule has 0 bridgehead atoms. The molecule has 2 aromatic rings. The van der Waals surface area contributed by atoms with E-state index in [0.717, 1.165) is 17.7 Å². The van der Waals surface area contributed by atoms with Crippen LogP contribution in [0.2, 0.25) is 0 Å². The molecule has 108 valence electrons. The number of benzene rings is 1. The van der Waals surface area contributed by atoms with Crippen molar-refractivity contribution in [3.63, 3.8) is 0 Å². The third-order valence-corrected chi connectivity index (χ3v) is 4.11. The van der Waals surface area contributed by atoms with Gasteiger partial charge in [-0.3, -0.25) is 4.68 Å². The van der Waals surface area contributed by atoms with Gasteiger partial charge in [-0.05, 0) is 23.1 Å². The van der Waals surface area contributed by atoms with Gasteiger partial charge in [-0.2, -0.15) is 5.10 Å². The average Bonchev–Trinajstić information content (AvgIpc) is 2.74. The first kappa shape index (κ1) is 15.1. The minimum Gasteiger partial charge on any atom is -0.272 e. The topological polar surface area (TPSA) is 52.0 Å². The second-order valence-corrected chi connectivity index (χ2v) is 8.52. The lowest BCUT2D eigenvalue weighted by Crippen LogP contribution is -2.15. The normalized spacial score (nSPS) is 12.6. The van der Waals surface area contributed by atoms with Crippen LogP contribution in [0.3, 0.4) is 0 Å². The highest BCUT2D eigenvalue weighted by Crippen LogP contribution is 2.23. The van der Waals surface area contributed by atoms with E-state index in [1.807, 2.05) is 10.9 Å². The molecule has 0 atom stereocenters. The summed E-state index contributed by atoms with van der Waals surface area (Å²) in [4.78, 5) is 0.102. The fourth-order valence-electron chi connectivity index (χ4n) is 1.90. The average molecular weight is 313 g/mol. The van der Waals surface area contributed by atoms with Crippen molar-refractivity contribution in [2.24, 2.45) is 5.41 Å². The van der Waals surface area contributed by atoms with Crippen LogP contribution in [-0.4, -0.2) is 18.2 Å². The standard InChI is InChI=1S/C14H17ClN2O2S/c1-14(2,3)10-17-9-12(8-16-17)11-4-6-13(7-5-11)20(15,18)19/h4-9H,10H2,1-3H3. The molecule has 0 radical (unpaired) electrons. The van der Waals surface area contributed by atoms with Crippen LogP contribution in [0.4, 0.5) is 0 Å². The summed E-state index contributed by atoms with van der Waals surface area (Å²) >= 11 is 0. The zero-order chi connectivity index (χ0) is 15.0. The van der Waals surface area contributed by atoms with Gasteiger partial charge >= 0.3 is 0 Å². The molecule has 6 heteroatoms. The molecule has 0 amide bonds. The monoisotopic (exact) mass is 312 g/mol. The van der Waals surface area contributed by atoms with Crippen molar-refractivity contribution in [1.82, 2.24) is 9.78 Å². The first-order valence-corrected chi connectivity index (χ1v) is 8.54. The van der Waals surface area contributed by atoms with Crippen LogP contribution >= 0.6 is 10.7 Å². The van der Waals surface area contributed by atoms with E-state index in [1.54, 1.807) is 18.3 Å². The molecular formula is C14H17ClN2O2S. The Hall–Kier alpha value is -1.33. The highest BCUT2D eigenvalue weighted by molar-refractivity contribution is 8.13. The molecule has 2 rings (SSSR count). The Morgan fingerprint density at radius 3 is 2.25 bits per heavy atom. The van der Waals surface area contributed by atoms with Crippen LogP contribution < -0.4 is 0 Å². The predicted octanol–water partition coefficient (Wildman–Crippen LogP) is 3.52. The number of nitrogens with zero attached hydrogens (tertiary/aromatic N) is 2. The number of aromatic nitrogens is 2. The molecule has 20 heavy (non-hydrogen) atoms. The minimum absolute atomic E-state index is 0.102. The van der Waals surface area contributed by atoms with E-state index in [1.165, 1.54) is 12.1 Å². The molecule has 0 spiro atoms. The first-order chi connectivity index (χ1) is 9.15. The SMILES string of the molecule is CC(C)(C)Cn1cc(-c2ccc(S(=O)(=O)Cl)cc2)cn1. The molecule has 0 unspecified atom stereocenters. The molecule has 0 saturated heterocycles. The highest BCUT2D eigenvalue weighted by Gasteiger charge is 2.13. The largest absolute Gasteiger partial charge is 0.272 e. The quantitative estimate of drug-likeness (QED) is 0.815. The molecule has 1 heterocycles. The zero-order valence-corrected chi connectivity index (χ0v) is 13.2. The highest BCUT2D eigenvalue weighted by atomic mass is 35.7. The second-order valence-electron chi connectivity index (χ2n) is 5.95. The Morgan fingerprint density at radius 1 is 1.15 bits per heavy atom. The van der Waals surface area contributed by atoms with Crippen LogP contribution in [0.1, 0.15) is 20.8 Å². The maximum atomic E-state index is 11.2. The molecule has 0 saturated carbocycles. The fourth-order valence-corrected chi connectivity index (χ4v) is 2.66. The van der Waals surface area contributed by atoms with Gasteiger partial charge in [-0.15, -0.1) is 0 Å². The van der Waals surface area contributed by atoms with Crippen molar-refractivity contribution in [3.8, 4) is 11.1 Å². The van der Waals surface area contributed by atoms with Crippen LogP contribution in [0.15, 0.2) is 41.6 Å². The van der Waals surface area contributed by atoms with Crippen LogP contribution in [0.25, 0.3) is 11.1 Å². The van der Waals surface area contributed by atoms with Crippen molar-refractivity contribution < 1.29 is 8.42 Å². The molecule has 0 N–H and O–H groups in total. The van der Waals surface area contributed by atoms with Crippen molar-refractivity contribution in [2.75, 3.05) is 0 Å². The number of hydrogen-bond donors (Lipinski definition) is 0. The van der Waals surface area contributed by atoms with Gasteiger partial charge in [-0.1, -0.05) is 32.9 Å². The lowest BCUT2D eigenvalue weighted by atomic mass is 9.97. The Balaban J connectivity index is 2.25. The number of rotatable bonds is 3. The zero-order valence-electron chi connectivity index (χ0n) is 11.7. The summed E-state index contributed by atoms with van der Waals surface area (Å²) in [5.74, 6) is 0. The summed E-state index contributed by atoms with van der Waals surface area (Å²) in [5, 5.41) is 4.32. The smallest absolute Gasteiger partial charge is 0.261 e. The van der Waals surface area contributed by atoms with E-state index >= 15 is 0 Å². The Kier molecular flexibility index (Phi) is 3.93. The molecule has 0 aliphatic heterocycles. The van der Waals surface area contributed by atoms with Gasteiger partial charge in [0.05, 0.1) is 11.1 Å². The van der Waals surface area contributed by atoms with Gasteiger partial charge in [0, 0.05) is 29.0 Å². The van der Waals surface area contributed by atoms with Crippen LogP contribution in [0, 0.1) is 5.41 Å². The second kappa shape index (κ2) is 5.22. The van der Waals surface area contributed by atoms with Crippen molar-refractivity contribution in [1.29, 1.82) is 0 Å². The Bertz CT molecular complexity index is 698. The molecule has 0 fully saturated rings. The molecule has 0 aliphatic rings. The van der Waals surface area contributed by atoms with E-state index in [-0.39, 0.29) is 10.3 Å². The molecule has 4 nitrogen and oxygen atoms in total. The summed E-state index contributed by atoms with van der Waals surface area (Å²) in [6.07, 6.45) is 3.73. The Morgan fingerprint density at radius 2 is 1.75 bits per heavy atom. The third-order valence-electron chi connectivity index (χ3n) is 2.74. The van der Waals surface area contributed by atoms with Crippen molar-refractivity contribution in [2.45, 2.75) is 32.2 Å². The van der Waals surface area contributed by atoms with Gasteiger partial charge < -0.3 is 0 Å². The van der Waals surface area contributed by atoms with Crippen molar-refractivity contribution >= 4 is 19.7 Å². The Labute approximate surface area is 123 Å². The first-order valence-electron chi connectivity index (χ1n) is 6.23. The van der Waals surface area contributed by atoms with Gasteiger partial charge in [0.15, 0.2) is 0 Å². The van der Waals surface area contributed by atoms with Gasteiger partial charge in [0.1, 0.15) is 0 Å². The van der Waals surface area contributed by atoms with Gasteiger partial charge in [-0.25, -0.2) is 8.42 Å². The molecule has 1 aromatic heterocycles. The van der Waals surface area contributed by atoms with E-state index in [9.17, 15) is 8.42 Å². The van der Waals surface area contributed by atoms with E-state index < -0.39 is 9.05 Å². The predicted molar refractivity (Wildman–Crippen MR) is 80.2 cm³/mol. The van der Waals surface area contributed by atoms with Crippen LogP contribution in [0.5, 0.6) is 0 Å². The van der Waals surface area contributed by atoms with Crippen molar-refractivity contribution in [3.05, 3.63) is 36.7 Å². The number of halogens is 1. The summed E-state index contributed by atoms with van der Waals surface area (Å²) in [7, 11) is 1.62. The lowest BCUT2D eigenvalue weighted by molar-refractivity contribution is 0.325. The van der Waals surface area contributed by atoms with Gasteiger partial charge in [0.2, 0.25) is 0 Å². The maximum Gasteiger partial charge on any atom is 0.261 e. The summed E-state index contributed by atoms with van der Waals surface area (Å²) < 4.78 is 24.3. The van der Waals surface area contributed by atoms with Crippen LogP contribution in [-0.2, 0) is 15.6 Å². The summed E-state index contributed by atoms with van der Waals surface area (Å²) in [5.41, 5.74) is 2.02. The number of hydrogen-bond acceptors (Lipinski definition) is 3. The molecule has 1 aromatic carbocycles. The van der Waals surface area contributed by atoms with E-state index in [0.29, 0.717) is 0 Å². The molecular weight excluding hydrogens is 296 g/mol. The third kappa shape index (κ3) is 3.84. The minimum atomic E-state index is -3.67. The van der Waals surface area contributed by atoms with E-state index in [2.05, 4.69) is 25.9 Å². The lowest BCUT2D eigenvalue weighted by Gasteiger charge is -2.17. The maximum absolute atomic E-state index is 11.2. The summed E-state index contributed by atoms with van der Waals surface area (Å²) in [6, 6.07) is 6.46. The molecule has 0 aliphatic carbocycles.